The van der Waals surface area contributed by atoms with Gasteiger partial charge in [0.05, 0.1) is 6.04 Å². The Morgan fingerprint density at radius 3 is 2.94 bits per heavy atom. The van der Waals surface area contributed by atoms with Gasteiger partial charge in [0.1, 0.15) is 5.82 Å². The summed E-state index contributed by atoms with van der Waals surface area (Å²) in [6, 6.07) is 9.36. The van der Waals surface area contributed by atoms with Crippen molar-refractivity contribution in [3.8, 4) is 12.3 Å². The summed E-state index contributed by atoms with van der Waals surface area (Å²) in [5, 5.41) is 4.77. The zero-order chi connectivity index (χ0) is 13.0. The van der Waals surface area contributed by atoms with E-state index in [1.54, 1.807) is 0 Å². The molecule has 92 valence electrons. The molecule has 0 aliphatic rings. The third-order valence-corrected chi connectivity index (χ3v) is 2.86. The Balaban J connectivity index is 2.35. The molecule has 0 bridgehead atoms. The molecule has 0 saturated carbocycles. The van der Waals surface area contributed by atoms with Crippen LogP contribution in [0.3, 0.4) is 0 Å². The molecule has 0 saturated heterocycles. The van der Waals surface area contributed by atoms with Crippen LogP contribution in [0.5, 0.6) is 0 Å². The molecule has 18 heavy (non-hydrogen) atoms. The van der Waals surface area contributed by atoms with Gasteiger partial charge in [0.15, 0.2) is 0 Å². The highest BCUT2D eigenvalue weighted by molar-refractivity contribution is 5.83. The molecule has 0 amide bonds. The first-order valence-electron chi connectivity index (χ1n) is 6.09. The molecule has 2 rings (SSSR count). The van der Waals surface area contributed by atoms with Gasteiger partial charge in [-0.2, -0.15) is 0 Å². The summed E-state index contributed by atoms with van der Waals surface area (Å²) in [6.07, 6.45) is 7.33. The molecule has 0 radical (unpaired) electrons. The van der Waals surface area contributed by atoms with E-state index < -0.39 is 0 Å². The van der Waals surface area contributed by atoms with E-state index in [4.69, 9.17) is 6.42 Å². The molecular formula is C15H16N2O. The van der Waals surface area contributed by atoms with Crippen LogP contribution in [0.2, 0.25) is 0 Å². The number of aromatic amines is 1. The predicted molar refractivity (Wildman–Crippen MR) is 75.7 cm³/mol. The molecule has 1 atom stereocenters. The van der Waals surface area contributed by atoms with Crippen molar-refractivity contribution < 1.29 is 0 Å². The van der Waals surface area contributed by atoms with Gasteiger partial charge in [-0.15, -0.1) is 6.42 Å². The monoisotopic (exact) mass is 240 g/mol. The lowest BCUT2D eigenvalue weighted by Gasteiger charge is -2.13. The van der Waals surface area contributed by atoms with Crippen LogP contribution in [-0.4, -0.2) is 11.0 Å². The Morgan fingerprint density at radius 2 is 2.22 bits per heavy atom. The first-order valence-corrected chi connectivity index (χ1v) is 6.09. The van der Waals surface area contributed by atoms with Gasteiger partial charge in [-0.3, -0.25) is 4.79 Å². The van der Waals surface area contributed by atoms with E-state index in [0.717, 1.165) is 18.2 Å². The van der Waals surface area contributed by atoms with Gasteiger partial charge in [-0.25, -0.2) is 0 Å². The topological polar surface area (TPSA) is 44.9 Å². The Hall–Kier alpha value is -2.21. The van der Waals surface area contributed by atoms with E-state index in [1.807, 2.05) is 30.3 Å². The van der Waals surface area contributed by atoms with E-state index >= 15 is 0 Å². The maximum absolute atomic E-state index is 11.9. The Kier molecular flexibility index (Phi) is 3.69. The summed E-state index contributed by atoms with van der Waals surface area (Å²) in [5.41, 5.74) is -0.0946. The summed E-state index contributed by atoms with van der Waals surface area (Å²) in [5.74, 6) is 3.36. The highest BCUT2D eigenvalue weighted by atomic mass is 16.1. The fourth-order valence-corrected chi connectivity index (χ4v) is 1.96. The molecule has 3 nitrogen and oxygen atoms in total. The van der Waals surface area contributed by atoms with Crippen molar-refractivity contribution in [2.24, 2.45) is 0 Å². The van der Waals surface area contributed by atoms with Crippen molar-refractivity contribution >= 4 is 16.6 Å². The molecule has 3 heteroatoms. The SMILES string of the molecule is C#CC(CCC)Nc1cc2ccccc2c(=O)[nH]1. The third kappa shape index (κ3) is 2.54. The summed E-state index contributed by atoms with van der Waals surface area (Å²) in [4.78, 5) is 14.7. The molecule has 2 N–H and O–H groups in total. The van der Waals surface area contributed by atoms with Crippen LogP contribution >= 0.6 is 0 Å². The van der Waals surface area contributed by atoms with Gasteiger partial charge in [-0.05, 0) is 23.9 Å². The molecule has 2 aromatic rings. The Bertz CT molecular complexity index is 637. The van der Waals surface area contributed by atoms with E-state index in [9.17, 15) is 4.79 Å². The number of nitrogens with one attached hydrogen (secondary N) is 2. The molecule has 1 aromatic heterocycles. The number of aromatic nitrogens is 1. The largest absolute Gasteiger partial charge is 0.358 e. The molecule has 1 unspecified atom stereocenters. The zero-order valence-electron chi connectivity index (χ0n) is 10.4. The first-order chi connectivity index (χ1) is 8.74. The van der Waals surface area contributed by atoms with Crippen molar-refractivity contribution in [1.29, 1.82) is 0 Å². The number of hydrogen-bond acceptors (Lipinski definition) is 2. The number of pyridine rings is 1. The average molecular weight is 240 g/mol. The van der Waals surface area contributed by atoms with E-state index in [0.29, 0.717) is 11.2 Å². The van der Waals surface area contributed by atoms with Crippen LogP contribution < -0.4 is 10.9 Å². The van der Waals surface area contributed by atoms with Crippen LogP contribution in [0.4, 0.5) is 5.82 Å². The van der Waals surface area contributed by atoms with E-state index in [2.05, 4.69) is 23.1 Å². The summed E-state index contributed by atoms with van der Waals surface area (Å²) >= 11 is 0. The van der Waals surface area contributed by atoms with E-state index in [1.165, 1.54) is 0 Å². The summed E-state index contributed by atoms with van der Waals surface area (Å²) < 4.78 is 0. The van der Waals surface area contributed by atoms with E-state index in [-0.39, 0.29) is 11.6 Å². The maximum atomic E-state index is 11.9. The number of hydrogen-bond donors (Lipinski definition) is 2. The van der Waals surface area contributed by atoms with Gasteiger partial charge in [0, 0.05) is 5.39 Å². The molecule has 0 aliphatic heterocycles. The van der Waals surface area contributed by atoms with Gasteiger partial charge in [0.25, 0.3) is 5.56 Å². The first kappa shape index (κ1) is 12.3. The highest BCUT2D eigenvalue weighted by Gasteiger charge is 2.06. The van der Waals surface area contributed by atoms with Crippen molar-refractivity contribution in [1.82, 2.24) is 4.98 Å². The standard InChI is InChI=1S/C15H16N2O/c1-3-7-12(4-2)16-14-10-11-8-5-6-9-13(11)15(18)17-14/h2,5-6,8-10,12H,3,7H2,1H3,(H2,16,17,18). The Labute approximate surface area is 106 Å². The molecule has 1 aromatic carbocycles. The summed E-state index contributed by atoms with van der Waals surface area (Å²) in [7, 11) is 0. The summed E-state index contributed by atoms with van der Waals surface area (Å²) in [6.45, 7) is 2.08. The fraction of sp³-hybridized carbons (Fsp3) is 0.267. The van der Waals surface area contributed by atoms with Crippen LogP contribution in [-0.2, 0) is 0 Å². The van der Waals surface area contributed by atoms with Gasteiger partial charge >= 0.3 is 0 Å². The minimum absolute atomic E-state index is 0.0492. The minimum Gasteiger partial charge on any atom is -0.358 e. The van der Waals surface area contributed by atoms with Gasteiger partial charge < -0.3 is 10.3 Å². The normalized spacial score (nSPS) is 12.0. The lowest BCUT2D eigenvalue weighted by atomic mass is 10.1. The number of fused-ring (bicyclic) bond motifs is 1. The minimum atomic E-state index is -0.0946. The number of rotatable bonds is 4. The second kappa shape index (κ2) is 5.42. The van der Waals surface area contributed by atoms with Crippen molar-refractivity contribution in [2.45, 2.75) is 25.8 Å². The number of anilines is 1. The fourth-order valence-electron chi connectivity index (χ4n) is 1.96. The van der Waals surface area contributed by atoms with Crippen LogP contribution in [0.15, 0.2) is 35.1 Å². The predicted octanol–water partition coefficient (Wildman–Crippen LogP) is 2.74. The number of benzene rings is 1. The van der Waals surface area contributed by atoms with Crippen molar-refractivity contribution in [3.05, 3.63) is 40.7 Å². The van der Waals surface area contributed by atoms with Crippen molar-refractivity contribution in [2.75, 3.05) is 5.32 Å². The van der Waals surface area contributed by atoms with Crippen LogP contribution in [0, 0.1) is 12.3 Å². The molecule has 0 aliphatic carbocycles. The van der Waals surface area contributed by atoms with Crippen LogP contribution in [0.25, 0.3) is 10.8 Å². The average Bonchev–Trinajstić information content (AvgIpc) is 2.38. The van der Waals surface area contributed by atoms with Crippen LogP contribution in [0.1, 0.15) is 19.8 Å². The Morgan fingerprint density at radius 1 is 1.44 bits per heavy atom. The molecular weight excluding hydrogens is 224 g/mol. The smallest absolute Gasteiger partial charge is 0.257 e. The number of terminal acetylenes is 1. The molecule has 0 spiro atoms. The quantitative estimate of drug-likeness (QED) is 0.807. The third-order valence-electron chi connectivity index (χ3n) is 2.86. The lowest BCUT2D eigenvalue weighted by molar-refractivity contribution is 0.752. The lowest BCUT2D eigenvalue weighted by Crippen LogP contribution is -2.20. The molecule has 0 fully saturated rings. The maximum Gasteiger partial charge on any atom is 0.257 e. The second-order valence-electron chi connectivity index (χ2n) is 4.25. The van der Waals surface area contributed by atoms with Crippen molar-refractivity contribution in [3.63, 3.8) is 0 Å². The van der Waals surface area contributed by atoms with Gasteiger partial charge in [0.2, 0.25) is 0 Å². The van der Waals surface area contributed by atoms with Gasteiger partial charge in [-0.1, -0.05) is 37.5 Å². The number of H-pyrrole nitrogens is 1. The molecule has 1 heterocycles. The zero-order valence-corrected chi connectivity index (χ0v) is 10.4. The highest BCUT2D eigenvalue weighted by Crippen LogP contribution is 2.14. The second-order valence-corrected chi connectivity index (χ2v) is 4.25.